The highest BCUT2D eigenvalue weighted by molar-refractivity contribution is 5.76. The van der Waals surface area contributed by atoms with Crippen molar-refractivity contribution < 1.29 is 4.74 Å². The van der Waals surface area contributed by atoms with E-state index in [0.717, 1.165) is 54.1 Å². The number of nitrogens with two attached hydrogens (primary N) is 2. The first-order chi connectivity index (χ1) is 13.5. The first-order valence-corrected chi connectivity index (χ1v) is 9.93. The van der Waals surface area contributed by atoms with Crippen LogP contribution < -0.4 is 21.5 Å². The first kappa shape index (κ1) is 18.6. The van der Waals surface area contributed by atoms with Gasteiger partial charge in [0.15, 0.2) is 5.65 Å². The maximum absolute atomic E-state index is 6.05. The van der Waals surface area contributed by atoms with Crippen molar-refractivity contribution in [2.45, 2.75) is 57.6 Å². The molecule has 0 aliphatic heterocycles. The molecule has 1 aromatic carbocycles. The van der Waals surface area contributed by atoms with Crippen LogP contribution in [0.3, 0.4) is 0 Å². The zero-order chi connectivity index (χ0) is 19.7. The highest BCUT2D eigenvalue weighted by Gasteiger charge is 2.23. The summed E-state index contributed by atoms with van der Waals surface area (Å²) in [6.45, 7) is 4.02. The van der Waals surface area contributed by atoms with Gasteiger partial charge >= 0.3 is 0 Å². The summed E-state index contributed by atoms with van der Waals surface area (Å²) >= 11 is 0. The van der Waals surface area contributed by atoms with Crippen LogP contribution in [0.25, 0.3) is 5.65 Å². The van der Waals surface area contributed by atoms with E-state index in [-0.39, 0.29) is 6.10 Å². The molecule has 1 fully saturated rings. The van der Waals surface area contributed by atoms with Crippen LogP contribution in [0.15, 0.2) is 36.5 Å². The molecule has 0 atom stereocenters. The fourth-order valence-corrected chi connectivity index (χ4v) is 3.79. The Morgan fingerprint density at radius 3 is 2.71 bits per heavy atom. The number of imidazole rings is 1. The Hall–Kier alpha value is -2.80. The minimum absolute atomic E-state index is 0.122. The summed E-state index contributed by atoms with van der Waals surface area (Å²) in [6, 6.07) is 10.0. The van der Waals surface area contributed by atoms with Crippen LogP contribution >= 0.6 is 0 Å². The second kappa shape index (κ2) is 7.67. The molecule has 0 spiro atoms. The van der Waals surface area contributed by atoms with Gasteiger partial charge in [0, 0.05) is 29.8 Å². The summed E-state index contributed by atoms with van der Waals surface area (Å²) in [5.74, 6) is 1.69. The van der Waals surface area contributed by atoms with Crippen molar-refractivity contribution in [3.8, 4) is 5.75 Å². The van der Waals surface area contributed by atoms with Crippen LogP contribution in [0.1, 0.15) is 51.1 Å². The van der Waals surface area contributed by atoms with E-state index < -0.39 is 0 Å². The molecule has 1 saturated carbocycles. The van der Waals surface area contributed by atoms with Crippen LogP contribution in [0.5, 0.6) is 5.75 Å². The summed E-state index contributed by atoms with van der Waals surface area (Å²) in [4.78, 5) is 4.88. The number of anilines is 3. The van der Waals surface area contributed by atoms with Crippen molar-refractivity contribution in [2.75, 3.05) is 11.1 Å². The van der Waals surface area contributed by atoms with Crippen molar-refractivity contribution in [1.29, 1.82) is 0 Å². The number of hydrogen-bond acceptors (Lipinski definition) is 6. The Kier molecular flexibility index (Phi) is 5.09. The lowest BCUT2D eigenvalue weighted by Crippen LogP contribution is -2.25. The van der Waals surface area contributed by atoms with Crippen molar-refractivity contribution >= 4 is 22.8 Å². The number of hydrogen-bond donors (Lipinski definition) is 3. The van der Waals surface area contributed by atoms with Gasteiger partial charge in [0.1, 0.15) is 11.6 Å². The van der Waals surface area contributed by atoms with E-state index in [4.69, 9.17) is 21.2 Å². The van der Waals surface area contributed by atoms with Gasteiger partial charge in [-0.3, -0.25) is 0 Å². The molecule has 7 nitrogen and oxygen atoms in total. The predicted octanol–water partition coefficient (Wildman–Crippen LogP) is 3.83. The lowest BCUT2D eigenvalue weighted by atomic mass is 9.85. The van der Waals surface area contributed by atoms with E-state index in [2.05, 4.69) is 10.4 Å². The van der Waals surface area contributed by atoms with Crippen molar-refractivity contribution in [1.82, 2.24) is 14.6 Å². The molecule has 1 aliphatic rings. The summed E-state index contributed by atoms with van der Waals surface area (Å²) in [5, 5.41) is 7.83. The molecule has 2 aromatic heterocycles. The van der Waals surface area contributed by atoms with Crippen molar-refractivity contribution in [3.05, 3.63) is 42.2 Å². The van der Waals surface area contributed by atoms with Crippen LogP contribution in [0.4, 0.5) is 17.2 Å². The number of fused-ring (bicyclic) bond motifs is 1. The number of rotatable bonds is 5. The number of benzene rings is 1. The van der Waals surface area contributed by atoms with Gasteiger partial charge in [-0.05, 0) is 51.7 Å². The van der Waals surface area contributed by atoms with Crippen LogP contribution in [0.2, 0.25) is 0 Å². The highest BCUT2D eigenvalue weighted by atomic mass is 16.5. The van der Waals surface area contributed by atoms with Crippen LogP contribution in [0, 0.1) is 0 Å². The van der Waals surface area contributed by atoms with Gasteiger partial charge in [0.2, 0.25) is 0 Å². The third kappa shape index (κ3) is 4.04. The maximum atomic E-state index is 6.05. The van der Waals surface area contributed by atoms with E-state index in [0.29, 0.717) is 17.8 Å². The molecule has 0 amide bonds. The SMILES string of the molecule is CC(C)Oc1cccc(Nc2cc(N)nn3cc(C4CCC(N)CC4)nc23)c1. The van der Waals surface area contributed by atoms with Crippen LogP contribution in [-0.4, -0.2) is 26.7 Å². The molecule has 0 radical (unpaired) electrons. The second-order valence-corrected chi connectivity index (χ2v) is 7.85. The van der Waals surface area contributed by atoms with E-state index in [9.17, 15) is 0 Å². The third-order valence-corrected chi connectivity index (χ3v) is 5.14. The summed E-state index contributed by atoms with van der Waals surface area (Å²) < 4.78 is 7.56. The molecule has 3 aromatic rings. The number of ether oxygens (including phenoxy) is 1. The topological polar surface area (TPSA) is 103 Å². The molecule has 5 N–H and O–H groups in total. The van der Waals surface area contributed by atoms with Gasteiger partial charge in [0.25, 0.3) is 0 Å². The van der Waals surface area contributed by atoms with Gasteiger partial charge in [-0.25, -0.2) is 9.50 Å². The summed E-state index contributed by atoms with van der Waals surface area (Å²) in [6.07, 6.45) is 6.34. The Labute approximate surface area is 165 Å². The monoisotopic (exact) mass is 380 g/mol. The second-order valence-electron chi connectivity index (χ2n) is 7.85. The van der Waals surface area contributed by atoms with Gasteiger partial charge in [0.05, 0.1) is 23.7 Å². The number of aromatic nitrogens is 3. The van der Waals surface area contributed by atoms with Crippen molar-refractivity contribution in [3.63, 3.8) is 0 Å². The summed E-state index contributed by atoms with van der Waals surface area (Å²) in [5.41, 5.74) is 15.7. The Morgan fingerprint density at radius 2 is 1.96 bits per heavy atom. The Morgan fingerprint density at radius 1 is 1.18 bits per heavy atom. The average Bonchev–Trinajstić information content (AvgIpc) is 3.06. The fourth-order valence-electron chi connectivity index (χ4n) is 3.79. The molecule has 7 heteroatoms. The van der Waals surface area contributed by atoms with Gasteiger partial charge in [-0.1, -0.05) is 6.07 Å². The van der Waals surface area contributed by atoms with Crippen LogP contribution in [-0.2, 0) is 0 Å². The molecule has 1 aliphatic carbocycles. The van der Waals surface area contributed by atoms with Gasteiger partial charge in [-0.15, -0.1) is 5.10 Å². The number of nitrogens with one attached hydrogen (secondary N) is 1. The maximum Gasteiger partial charge on any atom is 0.177 e. The minimum atomic E-state index is 0.122. The molecule has 2 heterocycles. The molecule has 4 rings (SSSR count). The quantitative estimate of drug-likeness (QED) is 0.621. The summed E-state index contributed by atoms with van der Waals surface area (Å²) in [7, 11) is 0. The number of nitrogens with zero attached hydrogens (tertiary/aromatic N) is 3. The lowest BCUT2D eigenvalue weighted by Gasteiger charge is -2.24. The lowest BCUT2D eigenvalue weighted by molar-refractivity contribution is 0.242. The molecule has 0 bridgehead atoms. The Bertz CT molecular complexity index is 959. The standard InChI is InChI=1S/C21H28N6O/c1-13(2)28-17-5-3-4-16(10-17)24-18-11-20(23)26-27-12-19(25-21(18)27)14-6-8-15(22)9-7-14/h3-5,10-15,24H,6-9,22H2,1-2H3,(H2,23,26). The predicted molar refractivity (Wildman–Crippen MR) is 112 cm³/mol. The minimum Gasteiger partial charge on any atom is -0.491 e. The molecular weight excluding hydrogens is 352 g/mol. The molecule has 0 unspecified atom stereocenters. The van der Waals surface area contributed by atoms with Crippen molar-refractivity contribution in [2.24, 2.45) is 5.73 Å². The zero-order valence-electron chi connectivity index (χ0n) is 16.4. The van der Waals surface area contributed by atoms with E-state index in [1.165, 1.54) is 0 Å². The molecule has 148 valence electrons. The molecular formula is C21H28N6O. The van der Waals surface area contributed by atoms with E-state index in [1.54, 1.807) is 4.52 Å². The molecule has 28 heavy (non-hydrogen) atoms. The van der Waals surface area contributed by atoms with Gasteiger partial charge < -0.3 is 21.5 Å². The smallest absolute Gasteiger partial charge is 0.177 e. The fraction of sp³-hybridized carbons (Fsp3) is 0.429. The highest BCUT2D eigenvalue weighted by Crippen LogP contribution is 2.33. The Balaban J connectivity index is 1.63. The number of nitrogen functional groups attached to an aromatic ring is 1. The average molecular weight is 380 g/mol. The molecule has 0 saturated heterocycles. The van der Waals surface area contributed by atoms with E-state index >= 15 is 0 Å². The van der Waals surface area contributed by atoms with Gasteiger partial charge in [-0.2, -0.15) is 0 Å². The third-order valence-electron chi connectivity index (χ3n) is 5.14. The normalized spacial score (nSPS) is 19.9. The largest absolute Gasteiger partial charge is 0.491 e. The zero-order valence-corrected chi connectivity index (χ0v) is 16.4. The van der Waals surface area contributed by atoms with E-state index in [1.807, 2.05) is 50.4 Å². The first-order valence-electron chi connectivity index (χ1n) is 9.93.